The highest BCUT2D eigenvalue weighted by Crippen LogP contribution is 2.16. The summed E-state index contributed by atoms with van der Waals surface area (Å²) in [6.07, 6.45) is 9.55. The first-order valence-electron chi connectivity index (χ1n) is 3.52. The van der Waals surface area contributed by atoms with Gasteiger partial charge in [-0.1, -0.05) is 6.08 Å². The van der Waals surface area contributed by atoms with Crippen LogP contribution in [0, 0.1) is 0 Å². The van der Waals surface area contributed by atoms with Gasteiger partial charge in [-0.25, -0.2) is 4.99 Å². The molecule has 2 N–H and O–H groups in total. The molecule has 0 saturated carbocycles. The third-order valence-electron chi connectivity index (χ3n) is 1.68. The van der Waals surface area contributed by atoms with Gasteiger partial charge in [0, 0.05) is 12.4 Å². The molecule has 0 bridgehead atoms. The topological polar surface area (TPSA) is 41.6 Å². The van der Waals surface area contributed by atoms with Crippen LogP contribution in [0.15, 0.2) is 40.9 Å². The number of hydrogen-bond acceptors (Lipinski definition) is 3. The van der Waals surface area contributed by atoms with Crippen LogP contribution in [0.2, 0.25) is 0 Å². The maximum absolute atomic E-state index is 5.72. The first kappa shape index (κ1) is 6.22. The van der Waals surface area contributed by atoms with Crippen molar-refractivity contribution >= 4 is 6.21 Å². The Balaban J connectivity index is 2.45. The highest BCUT2D eigenvalue weighted by molar-refractivity contribution is 5.66. The number of aliphatic imine (C=N–C) groups is 1. The number of hydrogen-bond donors (Lipinski definition) is 1. The maximum Gasteiger partial charge on any atom is 0.155 e. The van der Waals surface area contributed by atoms with Crippen LogP contribution in [-0.4, -0.2) is 17.7 Å². The van der Waals surface area contributed by atoms with Gasteiger partial charge in [0.05, 0.1) is 12.2 Å². The summed E-state index contributed by atoms with van der Waals surface area (Å²) in [6, 6.07) is 0. The summed E-state index contributed by atoms with van der Waals surface area (Å²) in [4.78, 5) is 6.16. The van der Waals surface area contributed by atoms with E-state index < -0.39 is 0 Å². The zero-order chi connectivity index (χ0) is 7.68. The van der Waals surface area contributed by atoms with E-state index in [-0.39, 0.29) is 0 Å². The molecule has 0 radical (unpaired) electrons. The van der Waals surface area contributed by atoms with Crippen LogP contribution < -0.4 is 5.73 Å². The maximum atomic E-state index is 5.72. The molecule has 0 unspecified atom stereocenters. The standard InChI is InChI=1S/C8H9N3/c9-7-3-1-2-5-11-6-4-10-8(7)11/h1-5H,6,9H2. The molecule has 2 heterocycles. The Hall–Kier alpha value is -1.51. The van der Waals surface area contributed by atoms with Crippen LogP contribution in [0.3, 0.4) is 0 Å². The van der Waals surface area contributed by atoms with E-state index in [4.69, 9.17) is 5.73 Å². The highest BCUT2D eigenvalue weighted by atomic mass is 15.2. The van der Waals surface area contributed by atoms with Crippen LogP contribution in [0.5, 0.6) is 0 Å². The van der Waals surface area contributed by atoms with E-state index in [1.165, 1.54) is 0 Å². The van der Waals surface area contributed by atoms with Crippen molar-refractivity contribution in [2.24, 2.45) is 10.7 Å². The van der Waals surface area contributed by atoms with Gasteiger partial charge >= 0.3 is 0 Å². The normalized spacial score (nSPS) is 20.9. The van der Waals surface area contributed by atoms with Gasteiger partial charge in [-0.15, -0.1) is 0 Å². The van der Waals surface area contributed by atoms with Gasteiger partial charge in [0.1, 0.15) is 0 Å². The van der Waals surface area contributed by atoms with Crippen LogP contribution >= 0.6 is 0 Å². The minimum Gasteiger partial charge on any atom is -0.396 e. The molecule has 3 nitrogen and oxygen atoms in total. The Morgan fingerprint density at radius 1 is 1.45 bits per heavy atom. The quantitative estimate of drug-likeness (QED) is 0.544. The number of nitrogens with zero attached hydrogens (tertiary/aromatic N) is 2. The Morgan fingerprint density at radius 2 is 2.36 bits per heavy atom. The fourth-order valence-corrected chi connectivity index (χ4v) is 1.14. The monoisotopic (exact) mass is 147 g/mol. The summed E-state index contributed by atoms with van der Waals surface area (Å²) in [5.41, 5.74) is 6.44. The van der Waals surface area contributed by atoms with E-state index >= 15 is 0 Å². The van der Waals surface area contributed by atoms with Crippen molar-refractivity contribution in [3.05, 3.63) is 35.9 Å². The Bertz CT molecular complexity index is 284. The van der Waals surface area contributed by atoms with E-state index in [9.17, 15) is 0 Å². The molecule has 0 aromatic rings. The molecular formula is C8H9N3. The lowest BCUT2D eigenvalue weighted by Crippen LogP contribution is -2.14. The molecule has 56 valence electrons. The Labute approximate surface area is 65.2 Å². The van der Waals surface area contributed by atoms with Gasteiger partial charge in [0.25, 0.3) is 0 Å². The molecule has 0 saturated heterocycles. The lowest BCUT2D eigenvalue weighted by Gasteiger charge is -2.11. The molecule has 11 heavy (non-hydrogen) atoms. The number of nitrogens with two attached hydrogens (primary N) is 1. The third kappa shape index (κ3) is 0.941. The van der Waals surface area contributed by atoms with E-state index in [2.05, 4.69) is 4.99 Å². The largest absolute Gasteiger partial charge is 0.396 e. The SMILES string of the molecule is NC1=C2N=CCN2C=CC=C1. The van der Waals surface area contributed by atoms with Crippen LogP contribution in [-0.2, 0) is 0 Å². The van der Waals surface area contributed by atoms with Gasteiger partial charge in [-0.3, -0.25) is 0 Å². The first-order chi connectivity index (χ1) is 5.38. The van der Waals surface area contributed by atoms with Crippen LogP contribution in [0.25, 0.3) is 0 Å². The van der Waals surface area contributed by atoms with Gasteiger partial charge in [-0.05, 0) is 12.2 Å². The van der Waals surface area contributed by atoms with Gasteiger partial charge < -0.3 is 10.6 Å². The van der Waals surface area contributed by atoms with E-state index in [1.807, 2.05) is 35.5 Å². The molecule has 2 aliphatic heterocycles. The summed E-state index contributed by atoms with van der Waals surface area (Å²) < 4.78 is 0. The van der Waals surface area contributed by atoms with Crippen LogP contribution in [0.4, 0.5) is 0 Å². The predicted molar refractivity (Wildman–Crippen MR) is 44.7 cm³/mol. The van der Waals surface area contributed by atoms with Crippen molar-refractivity contribution < 1.29 is 0 Å². The molecule has 0 atom stereocenters. The molecular weight excluding hydrogens is 138 g/mol. The summed E-state index contributed by atoms with van der Waals surface area (Å²) in [5, 5.41) is 0. The van der Waals surface area contributed by atoms with Crippen molar-refractivity contribution in [1.29, 1.82) is 0 Å². The summed E-state index contributed by atoms with van der Waals surface area (Å²) >= 11 is 0. The van der Waals surface area contributed by atoms with Crippen molar-refractivity contribution in [1.82, 2.24) is 4.90 Å². The lowest BCUT2D eigenvalue weighted by molar-refractivity contribution is 0.549. The second-order valence-corrected chi connectivity index (χ2v) is 2.44. The smallest absolute Gasteiger partial charge is 0.155 e. The number of allylic oxidation sites excluding steroid dienone is 3. The Morgan fingerprint density at radius 3 is 3.27 bits per heavy atom. The second kappa shape index (κ2) is 2.27. The average molecular weight is 147 g/mol. The highest BCUT2D eigenvalue weighted by Gasteiger charge is 2.13. The van der Waals surface area contributed by atoms with Crippen LogP contribution in [0.1, 0.15) is 0 Å². The average Bonchev–Trinajstić information content (AvgIpc) is 2.40. The molecule has 2 rings (SSSR count). The number of rotatable bonds is 0. The zero-order valence-electron chi connectivity index (χ0n) is 6.07. The fourth-order valence-electron chi connectivity index (χ4n) is 1.14. The lowest BCUT2D eigenvalue weighted by atomic mass is 10.4. The summed E-state index contributed by atoms with van der Waals surface area (Å²) in [5.74, 6) is 0.856. The van der Waals surface area contributed by atoms with Gasteiger partial charge in [-0.2, -0.15) is 0 Å². The van der Waals surface area contributed by atoms with E-state index in [1.54, 1.807) is 0 Å². The number of fused-ring (bicyclic) bond motifs is 1. The van der Waals surface area contributed by atoms with E-state index in [0.29, 0.717) is 0 Å². The molecule has 0 fully saturated rings. The minimum atomic E-state index is 0.726. The fraction of sp³-hybridized carbons (Fsp3) is 0.125. The third-order valence-corrected chi connectivity index (χ3v) is 1.68. The summed E-state index contributed by atoms with van der Waals surface area (Å²) in [7, 11) is 0. The molecule has 0 aromatic heterocycles. The van der Waals surface area contributed by atoms with Crippen molar-refractivity contribution in [2.45, 2.75) is 0 Å². The van der Waals surface area contributed by atoms with E-state index in [0.717, 1.165) is 18.1 Å². The molecule has 0 amide bonds. The predicted octanol–water partition coefficient (Wildman–Crippen LogP) is 0.584. The van der Waals surface area contributed by atoms with Gasteiger partial charge in [0.15, 0.2) is 5.82 Å². The zero-order valence-corrected chi connectivity index (χ0v) is 6.07. The molecule has 3 heteroatoms. The molecule has 0 aromatic carbocycles. The second-order valence-electron chi connectivity index (χ2n) is 2.44. The van der Waals surface area contributed by atoms with Crippen molar-refractivity contribution in [3.8, 4) is 0 Å². The minimum absolute atomic E-state index is 0.726. The van der Waals surface area contributed by atoms with Crippen molar-refractivity contribution in [2.75, 3.05) is 6.54 Å². The first-order valence-corrected chi connectivity index (χ1v) is 3.52. The summed E-state index contributed by atoms with van der Waals surface area (Å²) in [6.45, 7) is 0.828. The van der Waals surface area contributed by atoms with Crippen molar-refractivity contribution in [3.63, 3.8) is 0 Å². The Kier molecular flexibility index (Phi) is 1.28. The molecule has 0 spiro atoms. The molecule has 2 aliphatic rings. The van der Waals surface area contributed by atoms with Gasteiger partial charge in [0.2, 0.25) is 0 Å². The molecule has 0 aliphatic carbocycles.